The van der Waals surface area contributed by atoms with Gasteiger partial charge in [-0.1, -0.05) is 18.2 Å². The molecule has 1 amide bonds. The second kappa shape index (κ2) is 5.66. The SMILES string of the molecule is O=C(N1CCN(c2ccccc2)CC1)C1(O)CCSC1. The molecule has 4 nitrogen and oxygen atoms in total. The van der Waals surface area contributed by atoms with Crippen LogP contribution in [0.5, 0.6) is 0 Å². The Morgan fingerprint density at radius 1 is 1.15 bits per heavy atom. The molecule has 2 saturated heterocycles. The standard InChI is InChI=1S/C15H20N2O2S/c18-14(15(19)6-11-20-12-15)17-9-7-16(8-10-17)13-4-2-1-3-5-13/h1-5,19H,6-12H2. The molecule has 0 aromatic heterocycles. The van der Waals surface area contributed by atoms with Crippen molar-refractivity contribution in [3.05, 3.63) is 30.3 Å². The van der Waals surface area contributed by atoms with E-state index in [0.717, 1.165) is 18.8 Å². The number of para-hydroxylation sites is 1. The van der Waals surface area contributed by atoms with E-state index >= 15 is 0 Å². The lowest BCUT2D eigenvalue weighted by Crippen LogP contribution is -2.56. The second-order valence-electron chi connectivity index (χ2n) is 5.45. The highest BCUT2D eigenvalue weighted by atomic mass is 32.2. The molecule has 2 aliphatic heterocycles. The van der Waals surface area contributed by atoms with Crippen LogP contribution in [0, 0.1) is 0 Å². The van der Waals surface area contributed by atoms with Crippen molar-refractivity contribution >= 4 is 23.4 Å². The smallest absolute Gasteiger partial charge is 0.255 e. The molecule has 108 valence electrons. The average molecular weight is 292 g/mol. The highest BCUT2D eigenvalue weighted by Crippen LogP contribution is 2.30. The molecule has 1 aromatic carbocycles. The van der Waals surface area contributed by atoms with Crippen LogP contribution in [0.15, 0.2) is 30.3 Å². The van der Waals surface area contributed by atoms with Crippen molar-refractivity contribution in [3.8, 4) is 0 Å². The molecule has 2 fully saturated rings. The van der Waals surface area contributed by atoms with Crippen LogP contribution in [0.1, 0.15) is 6.42 Å². The Morgan fingerprint density at radius 2 is 1.85 bits per heavy atom. The van der Waals surface area contributed by atoms with Crippen LogP contribution in [0.4, 0.5) is 5.69 Å². The number of thioether (sulfide) groups is 1. The predicted molar refractivity (Wildman–Crippen MR) is 82.1 cm³/mol. The summed E-state index contributed by atoms with van der Waals surface area (Å²) >= 11 is 1.66. The summed E-state index contributed by atoms with van der Waals surface area (Å²) in [6, 6.07) is 10.3. The van der Waals surface area contributed by atoms with Gasteiger partial charge in [0.1, 0.15) is 0 Å². The van der Waals surface area contributed by atoms with E-state index in [1.54, 1.807) is 11.8 Å². The van der Waals surface area contributed by atoms with Crippen LogP contribution in [0.25, 0.3) is 0 Å². The maximum absolute atomic E-state index is 12.4. The minimum Gasteiger partial charge on any atom is -0.379 e. The van der Waals surface area contributed by atoms with Gasteiger partial charge in [-0.15, -0.1) is 0 Å². The Bertz CT molecular complexity index is 466. The van der Waals surface area contributed by atoms with Crippen LogP contribution in [0.2, 0.25) is 0 Å². The van der Waals surface area contributed by atoms with Gasteiger partial charge in [0, 0.05) is 37.6 Å². The summed E-state index contributed by atoms with van der Waals surface area (Å²) in [5.41, 5.74) is 0.0919. The van der Waals surface area contributed by atoms with Crippen molar-refractivity contribution in [1.82, 2.24) is 4.90 Å². The van der Waals surface area contributed by atoms with Crippen LogP contribution >= 0.6 is 11.8 Å². The summed E-state index contributed by atoms with van der Waals surface area (Å²) in [6.45, 7) is 3.05. The number of piperazine rings is 1. The van der Waals surface area contributed by atoms with Crippen molar-refractivity contribution in [3.63, 3.8) is 0 Å². The van der Waals surface area contributed by atoms with Gasteiger partial charge in [0.05, 0.1) is 0 Å². The minimum absolute atomic E-state index is 0.0739. The van der Waals surface area contributed by atoms with E-state index in [-0.39, 0.29) is 5.91 Å². The maximum atomic E-state index is 12.4. The van der Waals surface area contributed by atoms with E-state index in [0.29, 0.717) is 25.3 Å². The van der Waals surface area contributed by atoms with Gasteiger partial charge in [-0.3, -0.25) is 4.79 Å². The van der Waals surface area contributed by atoms with Crippen molar-refractivity contribution in [2.45, 2.75) is 12.0 Å². The van der Waals surface area contributed by atoms with Gasteiger partial charge in [-0.25, -0.2) is 0 Å². The predicted octanol–water partition coefficient (Wildman–Crippen LogP) is 1.20. The molecule has 2 aliphatic rings. The summed E-state index contributed by atoms with van der Waals surface area (Å²) in [5, 5.41) is 10.4. The lowest BCUT2D eigenvalue weighted by Gasteiger charge is -2.38. The Kier molecular flexibility index (Phi) is 3.89. The van der Waals surface area contributed by atoms with E-state index in [1.807, 2.05) is 23.1 Å². The van der Waals surface area contributed by atoms with Crippen molar-refractivity contribution in [2.75, 3.05) is 42.6 Å². The number of amides is 1. The molecule has 0 saturated carbocycles. The van der Waals surface area contributed by atoms with Crippen LogP contribution in [0.3, 0.4) is 0 Å². The number of hydrogen-bond donors (Lipinski definition) is 1. The highest BCUT2D eigenvalue weighted by Gasteiger charge is 2.42. The van der Waals surface area contributed by atoms with Crippen LogP contribution in [-0.2, 0) is 4.79 Å². The number of hydrogen-bond acceptors (Lipinski definition) is 4. The summed E-state index contributed by atoms with van der Waals surface area (Å²) in [7, 11) is 0. The first-order valence-electron chi connectivity index (χ1n) is 7.08. The van der Waals surface area contributed by atoms with Crippen LogP contribution in [-0.4, -0.2) is 59.2 Å². The molecular weight excluding hydrogens is 272 g/mol. The van der Waals surface area contributed by atoms with E-state index < -0.39 is 5.60 Å². The number of anilines is 1. The Morgan fingerprint density at radius 3 is 2.45 bits per heavy atom. The zero-order valence-corrected chi connectivity index (χ0v) is 12.3. The van der Waals surface area contributed by atoms with E-state index in [1.165, 1.54) is 5.69 Å². The summed E-state index contributed by atoms with van der Waals surface area (Å²) in [5.74, 6) is 1.35. The van der Waals surface area contributed by atoms with Crippen molar-refractivity contribution in [1.29, 1.82) is 0 Å². The number of carbonyl (C=O) groups excluding carboxylic acids is 1. The molecule has 1 N–H and O–H groups in total. The molecule has 5 heteroatoms. The molecule has 1 atom stereocenters. The number of nitrogens with zero attached hydrogens (tertiary/aromatic N) is 2. The van der Waals surface area contributed by atoms with Gasteiger partial charge < -0.3 is 14.9 Å². The fourth-order valence-electron chi connectivity index (χ4n) is 2.82. The average Bonchev–Trinajstić information content (AvgIpc) is 2.96. The molecule has 1 unspecified atom stereocenters. The molecule has 0 radical (unpaired) electrons. The highest BCUT2D eigenvalue weighted by molar-refractivity contribution is 7.99. The summed E-state index contributed by atoms with van der Waals surface area (Å²) in [4.78, 5) is 16.5. The molecule has 20 heavy (non-hydrogen) atoms. The third kappa shape index (κ3) is 2.65. The van der Waals surface area contributed by atoms with Gasteiger partial charge >= 0.3 is 0 Å². The van der Waals surface area contributed by atoms with E-state index in [9.17, 15) is 9.90 Å². The fourth-order valence-corrected chi connectivity index (χ4v) is 4.06. The van der Waals surface area contributed by atoms with E-state index in [4.69, 9.17) is 0 Å². The molecule has 0 spiro atoms. The quantitative estimate of drug-likeness (QED) is 0.890. The fraction of sp³-hybridized carbons (Fsp3) is 0.533. The Balaban J connectivity index is 1.60. The second-order valence-corrected chi connectivity index (χ2v) is 6.55. The maximum Gasteiger partial charge on any atom is 0.255 e. The molecule has 2 heterocycles. The number of rotatable bonds is 2. The van der Waals surface area contributed by atoms with E-state index in [2.05, 4.69) is 17.0 Å². The first-order valence-corrected chi connectivity index (χ1v) is 8.24. The third-order valence-electron chi connectivity index (χ3n) is 4.09. The first kappa shape index (κ1) is 13.8. The lowest BCUT2D eigenvalue weighted by atomic mass is 10.0. The number of benzene rings is 1. The zero-order valence-electron chi connectivity index (χ0n) is 11.5. The lowest BCUT2D eigenvalue weighted by molar-refractivity contribution is -0.149. The topological polar surface area (TPSA) is 43.8 Å². The van der Waals surface area contributed by atoms with Crippen LogP contribution < -0.4 is 4.90 Å². The number of aliphatic hydroxyl groups is 1. The molecule has 1 aromatic rings. The van der Waals surface area contributed by atoms with Gasteiger partial charge in [-0.2, -0.15) is 11.8 Å². The third-order valence-corrected chi connectivity index (χ3v) is 5.26. The summed E-state index contributed by atoms with van der Waals surface area (Å²) in [6.07, 6.45) is 0.593. The van der Waals surface area contributed by atoms with Crippen molar-refractivity contribution < 1.29 is 9.90 Å². The zero-order chi connectivity index (χ0) is 14.0. The normalized spacial score (nSPS) is 26.9. The monoisotopic (exact) mass is 292 g/mol. The van der Waals surface area contributed by atoms with Gasteiger partial charge in [0.25, 0.3) is 5.91 Å². The summed E-state index contributed by atoms with van der Waals surface area (Å²) < 4.78 is 0. The van der Waals surface area contributed by atoms with Gasteiger partial charge in [0.15, 0.2) is 5.60 Å². The largest absolute Gasteiger partial charge is 0.379 e. The Hall–Kier alpha value is -1.20. The van der Waals surface area contributed by atoms with Gasteiger partial charge in [-0.05, 0) is 24.3 Å². The Labute approximate surface area is 123 Å². The first-order chi connectivity index (χ1) is 9.69. The minimum atomic E-state index is -1.11. The molecule has 0 bridgehead atoms. The van der Waals surface area contributed by atoms with Crippen molar-refractivity contribution in [2.24, 2.45) is 0 Å². The molecular formula is C15H20N2O2S. The molecule has 3 rings (SSSR count). The number of carbonyl (C=O) groups is 1. The van der Waals surface area contributed by atoms with Gasteiger partial charge in [0.2, 0.25) is 0 Å². The molecule has 0 aliphatic carbocycles.